The van der Waals surface area contributed by atoms with E-state index in [0.717, 1.165) is 4.47 Å². The molecule has 19 heavy (non-hydrogen) atoms. The van der Waals surface area contributed by atoms with Gasteiger partial charge in [-0.25, -0.2) is 4.39 Å². The topological polar surface area (TPSA) is 50.2 Å². The molecule has 0 saturated heterocycles. The summed E-state index contributed by atoms with van der Waals surface area (Å²) in [6.45, 7) is 0. The molecule has 0 aliphatic heterocycles. The SMILES string of the molecule is O=C(O)C(Cc1cccc(F)c1)c1ccc(Br)cn1. The monoisotopic (exact) mass is 323 g/mol. The smallest absolute Gasteiger partial charge is 0.312 e. The third-order valence-corrected chi connectivity index (χ3v) is 3.20. The molecule has 0 fully saturated rings. The van der Waals surface area contributed by atoms with E-state index in [1.165, 1.54) is 12.1 Å². The lowest BCUT2D eigenvalue weighted by molar-refractivity contribution is -0.138. The standard InChI is InChI=1S/C14H11BrFNO2/c15-10-4-5-13(17-8-10)12(14(18)19)7-9-2-1-3-11(16)6-9/h1-6,8,12H,7H2,(H,18,19). The van der Waals surface area contributed by atoms with Crippen LogP contribution in [0.25, 0.3) is 0 Å². The number of aliphatic carboxylic acids is 1. The second-order valence-corrected chi connectivity index (χ2v) is 5.04. The highest BCUT2D eigenvalue weighted by atomic mass is 79.9. The number of benzene rings is 1. The van der Waals surface area contributed by atoms with Crippen molar-refractivity contribution < 1.29 is 14.3 Å². The molecule has 0 spiro atoms. The van der Waals surface area contributed by atoms with Crippen molar-refractivity contribution in [3.8, 4) is 0 Å². The minimum absolute atomic E-state index is 0.210. The summed E-state index contributed by atoms with van der Waals surface area (Å²) >= 11 is 3.25. The normalized spacial score (nSPS) is 12.1. The lowest BCUT2D eigenvalue weighted by Gasteiger charge is -2.12. The fourth-order valence-corrected chi connectivity index (χ4v) is 2.05. The zero-order valence-corrected chi connectivity index (χ0v) is 11.5. The molecule has 1 aromatic heterocycles. The molecule has 1 atom stereocenters. The minimum atomic E-state index is -0.973. The predicted octanol–water partition coefficient (Wildman–Crippen LogP) is 3.39. The maximum absolute atomic E-state index is 13.1. The van der Waals surface area contributed by atoms with Gasteiger partial charge in [0.1, 0.15) is 11.7 Å². The molecular formula is C14H11BrFNO2. The van der Waals surface area contributed by atoms with Crippen LogP contribution in [0.15, 0.2) is 47.1 Å². The Labute approximate surface area is 118 Å². The first kappa shape index (κ1) is 13.7. The molecule has 5 heteroatoms. The molecular weight excluding hydrogens is 313 g/mol. The van der Waals surface area contributed by atoms with Crippen molar-refractivity contribution in [2.75, 3.05) is 0 Å². The number of aromatic nitrogens is 1. The second-order valence-electron chi connectivity index (χ2n) is 4.13. The minimum Gasteiger partial charge on any atom is -0.481 e. The van der Waals surface area contributed by atoms with Crippen molar-refractivity contribution >= 4 is 21.9 Å². The Morgan fingerprint density at radius 1 is 1.37 bits per heavy atom. The Kier molecular flexibility index (Phi) is 4.27. The molecule has 0 radical (unpaired) electrons. The lowest BCUT2D eigenvalue weighted by atomic mass is 9.96. The summed E-state index contributed by atoms with van der Waals surface area (Å²) in [6, 6.07) is 9.34. The van der Waals surface area contributed by atoms with Gasteiger partial charge in [-0.05, 0) is 52.2 Å². The number of carboxylic acid groups (broad SMARTS) is 1. The van der Waals surface area contributed by atoms with Gasteiger partial charge in [-0.15, -0.1) is 0 Å². The van der Waals surface area contributed by atoms with Crippen molar-refractivity contribution in [2.24, 2.45) is 0 Å². The van der Waals surface area contributed by atoms with E-state index in [4.69, 9.17) is 0 Å². The number of carboxylic acids is 1. The highest BCUT2D eigenvalue weighted by molar-refractivity contribution is 9.10. The van der Waals surface area contributed by atoms with Crippen molar-refractivity contribution in [3.05, 3.63) is 64.1 Å². The van der Waals surface area contributed by atoms with Gasteiger partial charge >= 0.3 is 5.97 Å². The predicted molar refractivity (Wildman–Crippen MR) is 72.4 cm³/mol. The van der Waals surface area contributed by atoms with Crippen LogP contribution in [0.3, 0.4) is 0 Å². The Morgan fingerprint density at radius 3 is 2.74 bits per heavy atom. The molecule has 0 aliphatic rings. The zero-order chi connectivity index (χ0) is 13.8. The van der Waals surface area contributed by atoms with Crippen LogP contribution in [-0.4, -0.2) is 16.1 Å². The average Bonchev–Trinajstić information content (AvgIpc) is 2.37. The molecule has 3 nitrogen and oxygen atoms in total. The number of rotatable bonds is 4. The van der Waals surface area contributed by atoms with E-state index < -0.39 is 11.9 Å². The van der Waals surface area contributed by atoms with Gasteiger partial charge in [-0.3, -0.25) is 9.78 Å². The van der Waals surface area contributed by atoms with Gasteiger partial charge in [0.15, 0.2) is 0 Å². The number of carbonyl (C=O) groups is 1. The van der Waals surface area contributed by atoms with Gasteiger partial charge in [-0.1, -0.05) is 12.1 Å². The molecule has 1 heterocycles. The van der Waals surface area contributed by atoms with Crippen LogP contribution in [0, 0.1) is 5.82 Å². The quantitative estimate of drug-likeness (QED) is 0.938. The summed E-state index contributed by atoms with van der Waals surface area (Å²) in [5, 5.41) is 9.28. The maximum atomic E-state index is 13.1. The summed E-state index contributed by atoms with van der Waals surface area (Å²) in [5.41, 5.74) is 1.09. The first-order valence-electron chi connectivity index (χ1n) is 5.65. The van der Waals surface area contributed by atoms with Gasteiger partial charge in [0.25, 0.3) is 0 Å². The van der Waals surface area contributed by atoms with E-state index in [2.05, 4.69) is 20.9 Å². The molecule has 2 aromatic rings. The Morgan fingerprint density at radius 2 is 2.16 bits per heavy atom. The van der Waals surface area contributed by atoms with Crippen LogP contribution in [0.1, 0.15) is 17.2 Å². The number of nitrogens with zero attached hydrogens (tertiary/aromatic N) is 1. The molecule has 0 bridgehead atoms. The van der Waals surface area contributed by atoms with Gasteiger partial charge in [0, 0.05) is 10.7 Å². The summed E-state index contributed by atoms with van der Waals surface area (Å²) < 4.78 is 13.9. The molecule has 0 saturated carbocycles. The highest BCUT2D eigenvalue weighted by Crippen LogP contribution is 2.21. The average molecular weight is 324 g/mol. The molecule has 1 N–H and O–H groups in total. The van der Waals surface area contributed by atoms with E-state index >= 15 is 0 Å². The van der Waals surface area contributed by atoms with E-state index in [1.807, 2.05) is 0 Å². The summed E-state index contributed by atoms with van der Waals surface area (Å²) in [5.74, 6) is -2.13. The molecule has 1 unspecified atom stereocenters. The Bertz CT molecular complexity index is 586. The van der Waals surface area contributed by atoms with E-state index in [9.17, 15) is 14.3 Å². The Balaban J connectivity index is 2.26. The van der Waals surface area contributed by atoms with Crippen LogP contribution >= 0.6 is 15.9 Å². The van der Waals surface area contributed by atoms with Crippen LogP contribution in [-0.2, 0) is 11.2 Å². The van der Waals surface area contributed by atoms with Gasteiger partial charge in [-0.2, -0.15) is 0 Å². The number of hydrogen-bond acceptors (Lipinski definition) is 2. The fourth-order valence-electron chi connectivity index (χ4n) is 1.81. The zero-order valence-electron chi connectivity index (χ0n) is 9.88. The van der Waals surface area contributed by atoms with Crippen LogP contribution in [0.4, 0.5) is 4.39 Å². The van der Waals surface area contributed by atoms with Crippen molar-refractivity contribution in [2.45, 2.75) is 12.3 Å². The highest BCUT2D eigenvalue weighted by Gasteiger charge is 2.21. The molecule has 98 valence electrons. The van der Waals surface area contributed by atoms with E-state index in [-0.39, 0.29) is 12.2 Å². The number of halogens is 2. The van der Waals surface area contributed by atoms with Gasteiger partial charge in [0.2, 0.25) is 0 Å². The molecule has 0 aliphatic carbocycles. The van der Waals surface area contributed by atoms with E-state index in [1.54, 1.807) is 30.5 Å². The maximum Gasteiger partial charge on any atom is 0.312 e. The molecule has 1 aromatic carbocycles. The van der Waals surface area contributed by atoms with Crippen LogP contribution < -0.4 is 0 Å². The Hall–Kier alpha value is -1.75. The first-order chi connectivity index (χ1) is 9.06. The van der Waals surface area contributed by atoms with Crippen molar-refractivity contribution in [1.29, 1.82) is 0 Å². The third-order valence-electron chi connectivity index (χ3n) is 2.73. The van der Waals surface area contributed by atoms with Crippen LogP contribution in [0.2, 0.25) is 0 Å². The summed E-state index contributed by atoms with van der Waals surface area (Å²) in [7, 11) is 0. The van der Waals surface area contributed by atoms with Crippen LogP contribution in [0.5, 0.6) is 0 Å². The third kappa shape index (κ3) is 3.61. The molecule has 2 rings (SSSR count). The first-order valence-corrected chi connectivity index (χ1v) is 6.44. The molecule has 0 amide bonds. The van der Waals surface area contributed by atoms with E-state index in [0.29, 0.717) is 11.3 Å². The number of pyridine rings is 1. The second kappa shape index (κ2) is 5.93. The number of hydrogen-bond donors (Lipinski definition) is 1. The fraction of sp³-hybridized carbons (Fsp3) is 0.143. The summed E-state index contributed by atoms with van der Waals surface area (Å²) in [6.07, 6.45) is 1.76. The van der Waals surface area contributed by atoms with Gasteiger partial charge < -0.3 is 5.11 Å². The van der Waals surface area contributed by atoms with Crippen molar-refractivity contribution in [1.82, 2.24) is 4.98 Å². The lowest BCUT2D eigenvalue weighted by Crippen LogP contribution is -2.15. The van der Waals surface area contributed by atoms with Crippen molar-refractivity contribution in [3.63, 3.8) is 0 Å². The largest absolute Gasteiger partial charge is 0.481 e. The van der Waals surface area contributed by atoms with Gasteiger partial charge in [0.05, 0.1) is 5.69 Å². The summed E-state index contributed by atoms with van der Waals surface area (Å²) in [4.78, 5) is 15.4.